The molecule has 1 rings (SSSR count). The van der Waals surface area contributed by atoms with Gasteiger partial charge in [-0.15, -0.1) is 0 Å². The number of esters is 8. The van der Waals surface area contributed by atoms with E-state index in [0.29, 0.717) is 0 Å². The molecule has 0 spiro atoms. The molecule has 0 bridgehead atoms. The lowest BCUT2D eigenvalue weighted by molar-refractivity contribution is -0.149. The molecule has 3 atom stereocenters. The van der Waals surface area contributed by atoms with E-state index in [2.05, 4.69) is 52.6 Å². The van der Waals surface area contributed by atoms with Crippen LogP contribution >= 0.6 is 33.0 Å². The Hall–Kier alpha value is -5.24. The average Bonchev–Trinajstić information content (AvgIpc) is 3.44. The molecular formula is C48H72N4O24P4. The van der Waals surface area contributed by atoms with Crippen molar-refractivity contribution in [2.45, 2.75) is 55.4 Å². The van der Waals surface area contributed by atoms with Crippen LogP contribution in [0.25, 0.3) is 0 Å². The highest BCUT2D eigenvalue weighted by molar-refractivity contribution is 7.78. The first kappa shape index (κ1) is 72.8. The second kappa shape index (κ2) is 39.2. The fourth-order valence-electron chi connectivity index (χ4n) is 4.39. The summed E-state index contributed by atoms with van der Waals surface area (Å²) in [4.78, 5) is 120. The number of nitrogens with zero attached hydrogens (tertiary/aromatic N) is 4. The minimum atomic E-state index is -4.74. The van der Waals surface area contributed by atoms with Gasteiger partial charge < -0.3 is 60.5 Å². The Morgan fingerprint density at radius 1 is 0.325 bits per heavy atom. The fourth-order valence-corrected chi connectivity index (χ4v) is 14.6. The van der Waals surface area contributed by atoms with Crippen LogP contribution in [0.3, 0.4) is 0 Å². The van der Waals surface area contributed by atoms with E-state index in [1.54, 1.807) is 0 Å². The van der Waals surface area contributed by atoms with Gasteiger partial charge in [0.05, 0.1) is 33.0 Å². The van der Waals surface area contributed by atoms with E-state index in [4.69, 9.17) is 79.5 Å². The molecule has 0 aromatic heterocycles. The third-order valence-electron chi connectivity index (χ3n) is 8.22. The Kier molecular flexibility index (Phi) is 35.7. The van der Waals surface area contributed by atoms with Crippen molar-refractivity contribution < 1.29 is 113 Å². The molecule has 0 saturated heterocycles. The van der Waals surface area contributed by atoms with Crippen LogP contribution in [0.5, 0.6) is 0 Å². The van der Waals surface area contributed by atoms with Crippen molar-refractivity contribution in [2.75, 3.05) is 106 Å². The topological polar surface area (TPSA) is 306 Å². The molecule has 1 aliphatic rings. The van der Waals surface area contributed by atoms with Crippen LogP contribution in [-0.2, 0) is 113 Å². The van der Waals surface area contributed by atoms with Crippen molar-refractivity contribution in [3.8, 4) is 0 Å². The summed E-state index contributed by atoms with van der Waals surface area (Å²) in [6, 6.07) is 0. The monoisotopic (exact) mass is 1210 g/mol. The van der Waals surface area contributed by atoms with Gasteiger partial charge in [-0.3, -0.25) is 14.5 Å². The van der Waals surface area contributed by atoms with Crippen LogP contribution in [-0.4, -0.2) is 167 Å². The molecule has 80 heavy (non-hydrogen) atoms. The standard InChI is InChI=1S/C48H72N4O24P4/c1-33(2)41(53)61-17-25-69-50-77(72-28-20-64-44(56)36(7)8)49-80(75-31-23-67-47(59)39(13)14,76-32-24-68-48(60)40(15)16)52(71-27-19-63-43(55)35(5)6)79(74-30-22-66-46(58)38(11)12)51(70-26-18-62-42(54)34(3)4)78(50)73-29-21-65-45(57)37(9)10/h1,3,5,7,9,11,13,15,17-32H2,2,4,6,8,10,12,14,16H3. The number of ether oxygens (including phenoxy) is 8. The van der Waals surface area contributed by atoms with Crippen LogP contribution in [0.2, 0.25) is 0 Å². The van der Waals surface area contributed by atoms with E-state index in [-0.39, 0.29) is 44.6 Å². The molecule has 0 radical (unpaired) electrons. The van der Waals surface area contributed by atoms with Gasteiger partial charge in [0.2, 0.25) is 0 Å². The largest absolute Gasteiger partial charge is 0.460 e. The fraction of sp³-hybridized carbons (Fsp3) is 0.500. The van der Waals surface area contributed by atoms with E-state index in [9.17, 15) is 38.4 Å². The Morgan fingerprint density at radius 3 is 0.887 bits per heavy atom. The van der Waals surface area contributed by atoms with Crippen LogP contribution in [0.1, 0.15) is 55.4 Å². The van der Waals surface area contributed by atoms with Crippen molar-refractivity contribution in [3.63, 3.8) is 0 Å². The highest BCUT2D eigenvalue weighted by Crippen LogP contribution is 2.79. The lowest BCUT2D eigenvalue weighted by atomic mass is 10.4. The molecule has 1 aliphatic heterocycles. The van der Waals surface area contributed by atoms with Gasteiger partial charge in [0.15, 0.2) is 0 Å². The summed E-state index contributed by atoms with van der Waals surface area (Å²) in [5.74, 6) is -6.47. The Balaban J connectivity index is 4.79. The zero-order chi connectivity index (χ0) is 60.5. The molecule has 32 heteroatoms. The van der Waals surface area contributed by atoms with Gasteiger partial charge in [0.25, 0.3) is 25.3 Å². The normalized spacial score (nSPS) is 16.2. The molecule has 28 nitrogen and oxygen atoms in total. The molecule has 0 aromatic carbocycles. The zero-order valence-corrected chi connectivity index (χ0v) is 49.9. The van der Waals surface area contributed by atoms with E-state index >= 15 is 0 Å². The maximum atomic E-state index is 12.7. The Morgan fingerprint density at radius 2 is 0.575 bits per heavy atom. The average molecular weight is 1210 g/mol. The lowest BCUT2D eigenvalue weighted by Gasteiger charge is -2.46. The second-order valence-electron chi connectivity index (χ2n) is 16.1. The van der Waals surface area contributed by atoms with Crippen molar-refractivity contribution in [1.82, 2.24) is 13.8 Å². The summed E-state index contributed by atoms with van der Waals surface area (Å²) in [6.45, 7) is 31.7. The third kappa shape index (κ3) is 28.0. The van der Waals surface area contributed by atoms with Gasteiger partial charge in [-0.05, 0) is 60.0 Å². The molecule has 0 aliphatic carbocycles. The number of carbonyl (C=O) groups is 8. The van der Waals surface area contributed by atoms with E-state index in [0.717, 1.165) is 13.8 Å². The number of rotatable bonds is 40. The van der Waals surface area contributed by atoms with Gasteiger partial charge >= 0.3 is 55.4 Å². The maximum absolute atomic E-state index is 12.7. The predicted octanol–water partition coefficient (Wildman–Crippen LogP) is 7.37. The van der Waals surface area contributed by atoms with Crippen molar-refractivity contribution in [3.05, 3.63) is 97.2 Å². The predicted molar refractivity (Wildman–Crippen MR) is 289 cm³/mol. The van der Waals surface area contributed by atoms with Crippen molar-refractivity contribution >= 4 is 80.8 Å². The van der Waals surface area contributed by atoms with E-state index in [1.165, 1.54) is 55.4 Å². The number of hydrogen-bond acceptors (Lipinski definition) is 28. The first-order chi connectivity index (χ1) is 37.7. The number of carbonyl (C=O) groups excluding carboxylic acids is 8. The molecule has 0 aromatic rings. The Labute approximate surface area is 469 Å². The second-order valence-corrected chi connectivity index (χ2v) is 23.7. The summed E-state index contributed by atoms with van der Waals surface area (Å²) in [7, 11) is -13.7. The van der Waals surface area contributed by atoms with E-state index < -0.39 is 186 Å². The first-order valence-electron chi connectivity index (χ1n) is 23.8. The molecule has 3 unspecified atom stereocenters. The lowest BCUT2D eigenvalue weighted by Crippen LogP contribution is -2.36. The van der Waals surface area contributed by atoms with Crippen LogP contribution in [0, 0.1) is 0 Å². The van der Waals surface area contributed by atoms with Crippen molar-refractivity contribution in [2.24, 2.45) is 4.52 Å². The van der Waals surface area contributed by atoms with E-state index in [1.807, 2.05) is 0 Å². The zero-order valence-electron chi connectivity index (χ0n) is 46.3. The Bertz CT molecular complexity index is 2310. The van der Waals surface area contributed by atoms with Gasteiger partial charge in [-0.25, -0.2) is 38.4 Å². The molecule has 1 heterocycles. The SMILES string of the molecule is C=C(C)C(=O)OCCON1P(OCCOC(=O)C(=C)C)N=P(OCCOC(=O)C(=C)C)(OCCOC(=O)C(=C)C)N(OCCOC(=O)C(=C)C)P(OCCOC(=O)C(=C)C)N(OCCOC(=O)C(=C)C)P1OCCOC(=O)C(=C)C. The summed E-state index contributed by atoms with van der Waals surface area (Å²) in [5.41, 5.74) is 0.267. The number of hydrogen-bond donors (Lipinski definition) is 0. The first-order valence-corrected chi connectivity index (χ1v) is 28.8. The summed E-state index contributed by atoms with van der Waals surface area (Å²) >= 11 is 0. The van der Waals surface area contributed by atoms with Gasteiger partial charge in [-0.2, -0.15) is 4.52 Å². The third-order valence-corrected chi connectivity index (χ3v) is 17.6. The molecule has 0 saturated carbocycles. The molecular weight excluding hydrogens is 1140 g/mol. The smallest absolute Gasteiger partial charge is 0.333 e. The maximum Gasteiger partial charge on any atom is 0.333 e. The van der Waals surface area contributed by atoms with Gasteiger partial charge in [0, 0.05) is 44.6 Å². The highest BCUT2D eigenvalue weighted by Gasteiger charge is 2.54. The van der Waals surface area contributed by atoms with Crippen LogP contribution < -0.4 is 0 Å². The quantitative estimate of drug-likeness (QED) is 0.0190. The molecule has 0 fully saturated rings. The van der Waals surface area contributed by atoms with Crippen molar-refractivity contribution in [1.29, 1.82) is 0 Å². The molecule has 0 N–H and O–H groups in total. The van der Waals surface area contributed by atoms with Gasteiger partial charge in [0.1, 0.15) is 72.7 Å². The summed E-state index contributed by atoms with van der Waals surface area (Å²) in [5, 5.41) is 0. The minimum absolute atomic E-state index is 0.0229. The highest BCUT2D eigenvalue weighted by atomic mass is 31.3. The molecule has 0 amide bonds. The van der Waals surface area contributed by atoms with Crippen LogP contribution in [0.4, 0.5) is 0 Å². The minimum Gasteiger partial charge on any atom is -0.460 e. The van der Waals surface area contributed by atoms with Crippen LogP contribution in [0.15, 0.2) is 102 Å². The summed E-state index contributed by atoms with van der Waals surface area (Å²) in [6.07, 6.45) is 0. The van der Waals surface area contributed by atoms with Gasteiger partial charge in [-0.1, -0.05) is 61.8 Å². The molecule has 448 valence electrons. The summed E-state index contributed by atoms with van der Waals surface area (Å²) < 4.78 is 83.4.